The molecule has 3 nitrogen and oxygen atoms in total. The van der Waals surface area contributed by atoms with Crippen molar-refractivity contribution in [3.63, 3.8) is 0 Å². The SMILES string of the molecule is CCNc1cnc(-c2cc(F)cc(Cl)c2)cn1. The second kappa shape index (κ2) is 5.10. The van der Waals surface area contributed by atoms with Gasteiger partial charge in [-0.2, -0.15) is 0 Å². The average Bonchev–Trinajstić information content (AvgIpc) is 2.29. The van der Waals surface area contributed by atoms with Crippen LogP contribution in [0.5, 0.6) is 0 Å². The number of anilines is 1. The minimum absolute atomic E-state index is 0.345. The zero-order chi connectivity index (χ0) is 12.3. The molecule has 2 aromatic rings. The summed E-state index contributed by atoms with van der Waals surface area (Å²) in [5.41, 5.74) is 1.21. The third-order valence-electron chi connectivity index (χ3n) is 2.17. The lowest BCUT2D eigenvalue weighted by atomic mass is 10.1. The van der Waals surface area contributed by atoms with E-state index in [1.807, 2.05) is 6.92 Å². The number of halogens is 2. The predicted octanol–water partition coefficient (Wildman–Crippen LogP) is 3.37. The molecule has 1 heterocycles. The fraction of sp³-hybridized carbons (Fsp3) is 0.167. The van der Waals surface area contributed by atoms with E-state index in [0.717, 1.165) is 6.54 Å². The van der Waals surface area contributed by atoms with E-state index in [9.17, 15) is 4.39 Å². The third-order valence-corrected chi connectivity index (χ3v) is 2.39. The first kappa shape index (κ1) is 11.8. The number of nitrogens with zero attached hydrogens (tertiary/aromatic N) is 2. The van der Waals surface area contributed by atoms with E-state index in [4.69, 9.17) is 11.6 Å². The van der Waals surface area contributed by atoms with Gasteiger partial charge < -0.3 is 5.32 Å². The average molecular weight is 252 g/mol. The van der Waals surface area contributed by atoms with Crippen LogP contribution in [0, 0.1) is 5.82 Å². The molecule has 0 unspecified atom stereocenters. The standard InChI is InChI=1S/C12H11ClFN3/c1-2-15-12-7-16-11(6-17-12)8-3-9(13)5-10(14)4-8/h3-7H,2H2,1H3,(H,15,17). The minimum atomic E-state index is -0.384. The van der Waals surface area contributed by atoms with E-state index < -0.39 is 0 Å². The Morgan fingerprint density at radius 3 is 2.65 bits per heavy atom. The molecular formula is C12H11ClFN3. The topological polar surface area (TPSA) is 37.8 Å². The Hall–Kier alpha value is -1.68. The summed E-state index contributed by atoms with van der Waals surface area (Å²) in [4.78, 5) is 8.36. The molecule has 0 aliphatic rings. The zero-order valence-corrected chi connectivity index (χ0v) is 10.0. The molecule has 1 aromatic carbocycles. The van der Waals surface area contributed by atoms with Crippen molar-refractivity contribution >= 4 is 17.4 Å². The zero-order valence-electron chi connectivity index (χ0n) is 9.24. The van der Waals surface area contributed by atoms with Gasteiger partial charge in [-0.05, 0) is 25.1 Å². The van der Waals surface area contributed by atoms with Gasteiger partial charge in [0, 0.05) is 17.1 Å². The first-order chi connectivity index (χ1) is 8.19. The van der Waals surface area contributed by atoms with E-state index in [2.05, 4.69) is 15.3 Å². The van der Waals surface area contributed by atoms with Crippen LogP contribution in [0.2, 0.25) is 5.02 Å². The highest BCUT2D eigenvalue weighted by Crippen LogP contribution is 2.22. The Labute approximate surface area is 104 Å². The molecule has 0 fully saturated rings. The summed E-state index contributed by atoms with van der Waals surface area (Å²) in [5, 5.41) is 3.38. The van der Waals surface area contributed by atoms with Gasteiger partial charge in [-0.1, -0.05) is 11.6 Å². The molecule has 1 aromatic heterocycles. The Morgan fingerprint density at radius 2 is 2.06 bits per heavy atom. The molecule has 2 rings (SSSR count). The molecule has 0 saturated heterocycles. The first-order valence-electron chi connectivity index (χ1n) is 5.21. The van der Waals surface area contributed by atoms with Crippen molar-refractivity contribution in [2.24, 2.45) is 0 Å². The second-order valence-electron chi connectivity index (χ2n) is 3.48. The molecule has 0 aliphatic carbocycles. The van der Waals surface area contributed by atoms with E-state index in [1.54, 1.807) is 18.5 Å². The van der Waals surface area contributed by atoms with Gasteiger partial charge in [0.25, 0.3) is 0 Å². The molecule has 0 atom stereocenters. The molecule has 17 heavy (non-hydrogen) atoms. The van der Waals surface area contributed by atoms with Crippen molar-refractivity contribution in [1.29, 1.82) is 0 Å². The Morgan fingerprint density at radius 1 is 1.24 bits per heavy atom. The van der Waals surface area contributed by atoms with Crippen LogP contribution in [0.25, 0.3) is 11.3 Å². The van der Waals surface area contributed by atoms with Crippen LogP contribution in [0.3, 0.4) is 0 Å². The van der Waals surface area contributed by atoms with Crippen LogP contribution in [-0.2, 0) is 0 Å². The van der Waals surface area contributed by atoms with Gasteiger partial charge in [0.2, 0.25) is 0 Å². The summed E-state index contributed by atoms with van der Waals surface area (Å²) in [6.07, 6.45) is 3.20. The third kappa shape index (κ3) is 2.91. The minimum Gasteiger partial charge on any atom is -0.369 e. The number of benzene rings is 1. The van der Waals surface area contributed by atoms with Crippen LogP contribution in [0.15, 0.2) is 30.6 Å². The van der Waals surface area contributed by atoms with Gasteiger partial charge in [0.05, 0.1) is 18.1 Å². The smallest absolute Gasteiger partial charge is 0.144 e. The molecule has 0 spiro atoms. The number of hydrogen-bond acceptors (Lipinski definition) is 3. The summed E-state index contributed by atoms with van der Waals surface area (Å²) in [5.74, 6) is 0.309. The lowest BCUT2D eigenvalue weighted by molar-refractivity contribution is 0.628. The normalized spacial score (nSPS) is 10.3. The lowest BCUT2D eigenvalue weighted by Crippen LogP contribution is -1.99. The molecule has 0 radical (unpaired) electrons. The maximum Gasteiger partial charge on any atom is 0.144 e. The van der Waals surface area contributed by atoms with Crippen LogP contribution >= 0.6 is 11.6 Å². The first-order valence-corrected chi connectivity index (χ1v) is 5.59. The van der Waals surface area contributed by atoms with E-state index in [0.29, 0.717) is 22.1 Å². The van der Waals surface area contributed by atoms with Gasteiger partial charge in [-0.3, -0.25) is 4.98 Å². The fourth-order valence-corrected chi connectivity index (χ4v) is 1.67. The van der Waals surface area contributed by atoms with Crippen molar-refractivity contribution in [2.45, 2.75) is 6.92 Å². The largest absolute Gasteiger partial charge is 0.369 e. The maximum absolute atomic E-state index is 13.2. The second-order valence-corrected chi connectivity index (χ2v) is 3.91. The van der Waals surface area contributed by atoms with Crippen LogP contribution in [-0.4, -0.2) is 16.5 Å². The van der Waals surface area contributed by atoms with Crippen molar-refractivity contribution in [1.82, 2.24) is 9.97 Å². The highest BCUT2D eigenvalue weighted by Gasteiger charge is 2.04. The maximum atomic E-state index is 13.2. The molecule has 0 amide bonds. The van der Waals surface area contributed by atoms with Gasteiger partial charge >= 0.3 is 0 Å². The quantitative estimate of drug-likeness (QED) is 0.909. The van der Waals surface area contributed by atoms with Crippen molar-refractivity contribution < 1.29 is 4.39 Å². The van der Waals surface area contributed by atoms with Crippen LogP contribution < -0.4 is 5.32 Å². The molecular weight excluding hydrogens is 241 g/mol. The van der Waals surface area contributed by atoms with Gasteiger partial charge in [-0.15, -0.1) is 0 Å². The van der Waals surface area contributed by atoms with Gasteiger partial charge in [-0.25, -0.2) is 9.37 Å². The summed E-state index contributed by atoms with van der Waals surface area (Å²) in [6, 6.07) is 4.29. The lowest BCUT2D eigenvalue weighted by Gasteiger charge is -2.04. The Balaban J connectivity index is 2.32. The molecule has 0 saturated carbocycles. The molecule has 5 heteroatoms. The van der Waals surface area contributed by atoms with E-state index in [-0.39, 0.29) is 5.82 Å². The number of rotatable bonds is 3. The molecule has 0 aliphatic heterocycles. The predicted molar refractivity (Wildman–Crippen MR) is 66.6 cm³/mol. The highest BCUT2D eigenvalue weighted by molar-refractivity contribution is 6.30. The van der Waals surface area contributed by atoms with E-state index in [1.165, 1.54) is 12.1 Å². The van der Waals surface area contributed by atoms with Crippen molar-refractivity contribution in [3.8, 4) is 11.3 Å². The summed E-state index contributed by atoms with van der Waals surface area (Å²) in [7, 11) is 0. The number of aromatic nitrogens is 2. The van der Waals surface area contributed by atoms with Crippen LogP contribution in [0.1, 0.15) is 6.92 Å². The number of hydrogen-bond donors (Lipinski definition) is 1. The Bertz CT molecular complexity index is 493. The fourth-order valence-electron chi connectivity index (χ4n) is 1.45. The molecule has 0 bridgehead atoms. The van der Waals surface area contributed by atoms with Crippen molar-refractivity contribution in [2.75, 3.05) is 11.9 Å². The summed E-state index contributed by atoms with van der Waals surface area (Å²) in [6.45, 7) is 2.75. The molecule has 1 N–H and O–H groups in total. The summed E-state index contributed by atoms with van der Waals surface area (Å²) >= 11 is 5.78. The van der Waals surface area contributed by atoms with Gasteiger partial charge in [0.15, 0.2) is 0 Å². The Kier molecular flexibility index (Phi) is 3.54. The van der Waals surface area contributed by atoms with E-state index >= 15 is 0 Å². The summed E-state index contributed by atoms with van der Waals surface area (Å²) < 4.78 is 13.2. The van der Waals surface area contributed by atoms with Crippen LogP contribution in [0.4, 0.5) is 10.2 Å². The monoisotopic (exact) mass is 251 g/mol. The van der Waals surface area contributed by atoms with Gasteiger partial charge in [0.1, 0.15) is 11.6 Å². The van der Waals surface area contributed by atoms with Crippen molar-refractivity contribution in [3.05, 3.63) is 41.4 Å². The molecule has 88 valence electrons. The number of nitrogens with one attached hydrogen (secondary N) is 1. The highest BCUT2D eigenvalue weighted by atomic mass is 35.5.